The van der Waals surface area contributed by atoms with Crippen LogP contribution in [0, 0.1) is 0 Å². The van der Waals surface area contributed by atoms with Gasteiger partial charge < -0.3 is 4.74 Å². The van der Waals surface area contributed by atoms with Gasteiger partial charge in [-0.15, -0.1) is 6.58 Å². The first-order valence-corrected chi connectivity index (χ1v) is 5.70. The summed E-state index contributed by atoms with van der Waals surface area (Å²) in [4.78, 5) is 0. The lowest BCUT2D eigenvalue weighted by molar-refractivity contribution is 0.0214. The van der Waals surface area contributed by atoms with Gasteiger partial charge in [0.25, 0.3) is 0 Å². The molecule has 0 bridgehead atoms. The van der Waals surface area contributed by atoms with Crippen LogP contribution >= 0.6 is 0 Å². The van der Waals surface area contributed by atoms with E-state index in [1.165, 1.54) is 0 Å². The summed E-state index contributed by atoms with van der Waals surface area (Å²) in [6.45, 7) is 5.78. The number of ether oxygens (including phenoxy) is 1. The average Bonchev–Trinajstić information content (AvgIpc) is 2.08. The topological polar surface area (TPSA) is 72.8 Å². The van der Waals surface area contributed by atoms with E-state index in [2.05, 4.69) is 10.8 Å². The van der Waals surface area contributed by atoms with Gasteiger partial charge in [-0.3, -0.25) is 4.55 Å². The van der Waals surface area contributed by atoms with E-state index in [1.54, 1.807) is 6.08 Å². The van der Waals surface area contributed by atoms with Crippen LogP contribution in [0.25, 0.3) is 0 Å². The summed E-state index contributed by atoms with van der Waals surface area (Å²) in [6.07, 6.45) is 2.54. The third-order valence-electron chi connectivity index (χ3n) is 1.39. The Morgan fingerprint density at radius 1 is 1.57 bits per heavy atom. The van der Waals surface area contributed by atoms with Gasteiger partial charge in [-0.05, 0) is 12.8 Å². The number of hydrogen-bond acceptors (Lipinski definition) is 4. The maximum atomic E-state index is 10.3. The Labute approximate surface area is 84.7 Å². The molecule has 0 aliphatic rings. The van der Waals surface area contributed by atoms with Gasteiger partial charge in [0.1, 0.15) is 0 Å². The van der Waals surface area contributed by atoms with Crippen LogP contribution in [0.1, 0.15) is 19.8 Å². The molecule has 0 saturated heterocycles. The lowest BCUT2D eigenvalue weighted by Gasteiger charge is -2.14. The van der Waals surface area contributed by atoms with E-state index >= 15 is 0 Å². The first kappa shape index (κ1) is 13.6. The molecule has 0 rings (SSSR count). The molecule has 1 unspecified atom stereocenters. The minimum atomic E-state index is -4.38. The fourth-order valence-corrected chi connectivity index (χ4v) is 1.14. The predicted octanol–water partition coefficient (Wildman–Crippen LogP) is 1.18. The lowest BCUT2D eigenvalue weighted by atomic mass is 10.2. The standard InChI is InChI=1S/C8H16O5S/c1-3-5-8(12-6-4-2)7-13-14(9,10)11/h3,8H,1,4-7H2,2H3,(H,9,10,11). The Morgan fingerprint density at radius 2 is 2.21 bits per heavy atom. The first-order chi connectivity index (χ1) is 6.49. The molecule has 5 nitrogen and oxygen atoms in total. The van der Waals surface area contributed by atoms with Gasteiger partial charge in [-0.1, -0.05) is 13.0 Å². The van der Waals surface area contributed by atoms with Crippen LogP contribution in [0.5, 0.6) is 0 Å². The van der Waals surface area contributed by atoms with Crippen molar-refractivity contribution in [3.63, 3.8) is 0 Å². The monoisotopic (exact) mass is 224 g/mol. The second-order valence-electron chi connectivity index (χ2n) is 2.73. The quantitative estimate of drug-likeness (QED) is 0.495. The molecule has 0 fully saturated rings. The van der Waals surface area contributed by atoms with Gasteiger partial charge in [0.05, 0.1) is 12.7 Å². The maximum Gasteiger partial charge on any atom is 0.397 e. The Bertz CT molecular complexity index is 246. The zero-order valence-corrected chi connectivity index (χ0v) is 9.00. The maximum absolute atomic E-state index is 10.3. The van der Waals surface area contributed by atoms with Crippen LogP contribution < -0.4 is 0 Å². The molecule has 1 atom stereocenters. The number of hydrogen-bond donors (Lipinski definition) is 1. The normalized spacial score (nSPS) is 13.9. The Balaban J connectivity index is 3.89. The molecule has 0 aliphatic heterocycles. The molecule has 84 valence electrons. The zero-order valence-electron chi connectivity index (χ0n) is 8.18. The van der Waals surface area contributed by atoms with Crippen molar-refractivity contribution in [3.8, 4) is 0 Å². The van der Waals surface area contributed by atoms with E-state index in [0.29, 0.717) is 13.0 Å². The van der Waals surface area contributed by atoms with Gasteiger partial charge in [-0.2, -0.15) is 8.42 Å². The molecular weight excluding hydrogens is 208 g/mol. The first-order valence-electron chi connectivity index (χ1n) is 4.34. The SMILES string of the molecule is C=CCC(COS(=O)(=O)O)OCCC. The van der Waals surface area contributed by atoms with Crippen LogP contribution in [0.2, 0.25) is 0 Å². The summed E-state index contributed by atoms with van der Waals surface area (Å²) in [6, 6.07) is 0. The van der Waals surface area contributed by atoms with E-state index in [0.717, 1.165) is 6.42 Å². The highest BCUT2D eigenvalue weighted by Crippen LogP contribution is 2.03. The van der Waals surface area contributed by atoms with Crippen LogP contribution in [-0.2, 0) is 19.3 Å². The van der Waals surface area contributed by atoms with E-state index in [4.69, 9.17) is 9.29 Å². The Morgan fingerprint density at radius 3 is 2.64 bits per heavy atom. The second kappa shape index (κ2) is 6.94. The fourth-order valence-electron chi connectivity index (χ4n) is 0.816. The van der Waals surface area contributed by atoms with Gasteiger partial charge in [0.15, 0.2) is 0 Å². The van der Waals surface area contributed by atoms with Crippen molar-refractivity contribution >= 4 is 10.4 Å². The lowest BCUT2D eigenvalue weighted by Crippen LogP contribution is -2.22. The summed E-state index contributed by atoms with van der Waals surface area (Å²) in [5, 5.41) is 0. The Hall–Kier alpha value is -0.430. The molecule has 0 aliphatic carbocycles. The molecule has 1 N–H and O–H groups in total. The van der Waals surface area contributed by atoms with Crippen LogP contribution in [0.3, 0.4) is 0 Å². The van der Waals surface area contributed by atoms with Crippen molar-refractivity contribution < 1.29 is 21.9 Å². The van der Waals surface area contributed by atoms with Crippen molar-refractivity contribution in [2.75, 3.05) is 13.2 Å². The van der Waals surface area contributed by atoms with Crippen molar-refractivity contribution in [1.82, 2.24) is 0 Å². The molecule has 0 saturated carbocycles. The van der Waals surface area contributed by atoms with Crippen molar-refractivity contribution in [1.29, 1.82) is 0 Å². The van der Waals surface area contributed by atoms with Crippen LogP contribution in [0.15, 0.2) is 12.7 Å². The molecule has 0 amide bonds. The fraction of sp³-hybridized carbons (Fsp3) is 0.750. The minimum absolute atomic E-state index is 0.190. The largest absolute Gasteiger partial charge is 0.397 e. The molecule has 0 aromatic heterocycles. The second-order valence-corrected chi connectivity index (χ2v) is 3.82. The predicted molar refractivity (Wildman–Crippen MR) is 52.3 cm³/mol. The van der Waals surface area contributed by atoms with Gasteiger partial charge >= 0.3 is 10.4 Å². The third kappa shape index (κ3) is 8.18. The van der Waals surface area contributed by atoms with E-state index in [-0.39, 0.29) is 12.7 Å². The van der Waals surface area contributed by atoms with Crippen molar-refractivity contribution in [2.24, 2.45) is 0 Å². The molecule has 0 aromatic rings. The average molecular weight is 224 g/mol. The van der Waals surface area contributed by atoms with Crippen LogP contribution in [0.4, 0.5) is 0 Å². The van der Waals surface area contributed by atoms with Gasteiger partial charge in [0, 0.05) is 6.61 Å². The highest BCUT2D eigenvalue weighted by atomic mass is 32.3. The molecule has 0 heterocycles. The third-order valence-corrected chi connectivity index (χ3v) is 1.82. The molecular formula is C8H16O5S. The van der Waals surface area contributed by atoms with Crippen LogP contribution in [-0.4, -0.2) is 32.3 Å². The van der Waals surface area contributed by atoms with Gasteiger partial charge in [-0.25, -0.2) is 4.18 Å². The molecule has 0 spiro atoms. The zero-order chi connectivity index (χ0) is 11.0. The highest BCUT2D eigenvalue weighted by molar-refractivity contribution is 7.80. The van der Waals surface area contributed by atoms with E-state index in [9.17, 15) is 8.42 Å². The smallest absolute Gasteiger partial charge is 0.375 e. The molecule has 0 aromatic carbocycles. The highest BCUT2D eigenvalue weighted by Gasteiger charge is 2.12. The molecule has 6 heteroatoms. The van der Waals surface area contributed by atoms with Crippen molar-refractivity contribution in [3.05, 3.63) is 12.7 Å². The number of rotatable bonds is 8. The molecule has 14 heavy (non-hydrogen) atoms. The van der Waals surface area contributed by atoms with Gasteiger partial charge in [0.2, 0.25) is 0 Å². The van der Waals surface area contributed by atoms with E-state index < -0.39 is 10.4 Å². The summed E-state index contributed by atoms with van der Waals surface area (Å²) >= 11 is 0. The summed E-state index contributed by atoms with van der Waals surface area (Å²) in [5.74, 6) is 0. The van der Waals surface area contributed by atoms with Crippen molar-refractivity contribution in [2.45, 2.75) is 25.9 Å². The molecule has 0 radical (unpaired) electrons. The Kier molecular flexibility index (Phi) is 6.73. The summed E-state index contributed by atoms with van der Waals surface area (Å²) in [5.41, 5.74) is 0. The summed E-state index contributed by atoms with van der Waals surface area (Å²) in [7, 11) is -4.38. The summed E-state index contributed by atoms with van der Waals surface area (Å²) < 4.78 is 38.3. The van der Waals surface area contributed by atoms with E-state index in [1.807, 2.05) is 6.92 Å². The minimum Gasteiger partial charge on any atom is -0.375 e.